The summed E-state index contributed by atoms with van der Waals surface area (Å²) >= 11 is 0. The summed E-state index contributed by atoms with van der Waals surface area (Å²) in [7, 11) is 0. The smallest absolute Gasteiger partial charge is 0.257 e. The van der Waals surface area contributed by atoms with E-state index in [0.717, 1.165) is 17.8 Å². The highest BCUT2D eigenvalue weighted by Gasteiger charge is 2.16. The van der Waals surface area contributed by atoms with E-state index in [0.29, 0.717) is 12.4 Å². The van der Waals surface area contributed by atoms with Crippen LogP contribution in [0.25, 0.3) is 0 Å². The second kappa shape index (κ2) is 6.74. The summed E-state index contributed by atoms with van der Waals surface area (Å²) < 4.78 is 26.8. The third-order valence-electron chi connectivity index (χ3n) is 2.70. The van der Waals surface area contributed by atoms with E-state index in [1.807, 2.05) is 6.92 Å². The van der Waals surface area contributed by atoms with Gasteiger partial charge in [0.05, 0.1) is 5.69 Å². The number of hydrogen-bond donors (Lipinski definition) is 2. The van der Waals surface area contributed by atoms with Gasteiger partial charge in [-0.3, -0.25) is 4.79 Å². The zero-order chi connectivity index (χ0) is 15.2. The summed E-state index contributed by atoms with van der Waals surface area (Å²) in [5, 5.41) is 13.1. The van der Waals surface area contributed by atoms with Crippen LogP contribution in [0.1, 0.15) is 16.1 Å². The molecule has 0 radical (unpaired) electrons. The van der Waals surface area contributed by atoms with Crippen molar-refractivity contribution in [2.24, 2.45) is 0 Å². The highest BCUT2D eigenvalue weighted by Crippen LogP contribution is 2.11. The van der Waals surface area contributed by atoms with Gasteiger partial charge in [0, 0.05) is 13.1 Å². The third kappa shape index (κ3) is 3.95. The maximum atomic E-state index is 13.4. The maximum absolute atomic E-state index is 13.4. The number of aryl methyl sites for hydroxylation is 1. The van der Waals surface area contributed by atoms with E-state index in [9.17, 15) is 13.6 Å². The summed E-state index contributed by atoms with van der Waals surface area (Å²) in [6, 6.07) is 6.83. The lowest BCUT2D eigenvalue weighted by atomic mass is 10.2. The molecule has 110 valence electrons. The number of aromatic nitrogens is 2. The van der Waals surface area contributed by atoms with Crippen LogP contribution < -0.4 is 10.6 Å². The molecular formula is C14H14F2N4O. The number of carbonyl (C=O) groups excluding carboxylic acids is 1. The van der Waals surface area contributed by atoms with Crippen molar-refractivity contribution in [2.45, 2.75) is 6.92 Å². The summed E-state index contributed by atoms with van der Waals surface area (Å²) in [6.07, 6.45) is 0. The molecular weight excluding hydrogens is 278 g/mol. The second-order valence-electron chi connectivity index (χ2n) is 4.34. The molecule has 2 N–H and O–H groups in total. The van der Waals surface area contributed by atoms with Crippen LogP contribution in [0, 0.1) is 18.6 Å². The minimum atomic E-state index is -0.884. The Balaban J connectivity index is 1.83. The monoisotopic (exact) mass is 292 g/mol. The van der Waals surface area contributed by atoms with Crippen LogP contribution in [0.3, 0.4) is 0 Å². The molecule has 0 fully saturated rings. The molecule has 2 aromatic rings. The molecule has 0 bridgehead atoms. The van der Waals surface area contributed by atoms with Gasteiger partial charge >= 0.3 is 0 Å². The number of halogens is 2. The van der Waals surface area contributed by atoms with Crippen molar-refractivity contribution >= 4 is 11.7 Å². The Kier molecular flexibility index (Phi) is 4.76. The van der Waals surface area contributed by atoms with Gasteiger partial charge in [0.1, 0.15) is 23.0 Å². The van der Waals surface area contributed by atoms with Crippen LogP contribution in [0.5, 0.6) is 0 Å². The largest absolute Gasteiger partial charge is 0.367 e. The van der Waals surface area contributed by atoms with Crippen LogP contribution in [-0.4, -0.2) is 29.2 Å². The number of carbonyl (C=O) groups is 1. The molecule has 0 atom stereocenters. The van der Waals surface area contributed by atoms with Crippen molar-refractivity contribution in [3.8, 4) is 0 Å². The molecule has 0 saturated heterocycles. The standard InChI is InChI=1S/C14H14F2N4O/c1-9-5-6-12(20-19-9)17-7-8-18-14(21)13-10(15)3-2-4-11(13)16/h2-6H,7-8H2,1H3,(H,17,20)(H,18,21). The molecule has 0 aliphatic rings. The third-order valence-corrected chi connectivity index (χ3v) is 2.70. The fourth-order valence-corrected chi connectivity index (χ4v) is 1.66. The van der Waals surface area contributed by atoms with Gasteiger partial charge in [-0.25, -0.2) is 8.78 Å². The van der Waals surface area contributed by atoms with Gasteiger partial charge < -0.3 is 10.6 Å². The molecule has 1 heterocycles. The van der Waals surface area contributed by atoms with Crippen LogP contribution in [0.4, 0.5) is 14.6 Å². The molecule has 0 aliphatic carbocycles. The fourth-order valence-electron chi connectivity index (χ4n) is 1.66. The lowest BCUT2D eigenvalue weighted by molar-refractivity contribution is 0.0946. The van der Waals surface area contributed by atoms with Crippen molar-refractivity contribution in [1.29, 1.82) is 0 Å². The number of nitrogens with zero attached hydrogens (tertiary/aromatic N) is 2. The molecule has 7 heteroatoms. The molecule has 1 aromatic carbocycles. The lowest BCUT2D eigenvalue weighted by Crippen LogP contribution is -2.30. The van der Waals surface area contributed by atoms with Crippen LogP contribution in [-0.2, 0) is 0 Å². The average Bonchev–Trinajstić information content (AvgIpc) is 2.45. The minimum absolute atomic E-state index is 0.197. The maximum Gasteiger partial charge on any atom is 0.257 e. The Bertz CT molecular complexity index is 611. The number of rotatable bonds is 5. The number of hydrogen-bond acceptors (Lipinski definition) is 4. The Morgan fingerprint density at radius 1 is 1.10 bits per heavy atom. The Labute approximate surface area is 120 Å². The average molecular weight is 292 g/mol. The predicted molar refractivity (Wildman–Crippen MR) is 73.9 cm³/mol. The van der Waals surface area contributed by atoms with Gasteiger partial charge in [0.15, 0.2) is 0 Å². The Morgan fingerprint density at radius 2 is 1.81 bits per heavy atom. The van der Waals surface area contributed by atoms with Crippen molar-refractivity contribution in [1.82, 2.24) is 15.5 Å². The summed E-state index contributed by atoms with van der Waals surface area (Å²) in [6.45, 7) is 2.38. The van der Waals surface area contributed by atoms with Crippen LogP contribution >= 0.6 is 0 Å². The van der Waals surface area contributed by atoms with E-state index < -0.39 is 23.1 Å². The van der Waals surface area contributed by atoms with Crippen molar-refractivity contribution < 1.29 is 13.6 Å². The van der Waals surface area contributed by atoms with Crippen LogP contribution in [0.15, 0.2) is 30.3 Å². The van der Waals surface area contributed by atoms with E-state index in [1.165, 1.54) is 6.07 Å². The lowest BCUT2D eigenvalue weighted by Gasteiger charge is -2.08. The topological polar surface area (TPSA) is 66.9 Å². The SMILES string of the molecule is Cc1ccc(NCCNC(=O)c2c(F)cccc2F)nn1. The van der Waals surface area contributed by atoms with Crippen molar-refractivity contribution in [3.05, 3.63) is 53.2 Å². The zero-order valence-electron chi connectivity index (χ0n) is 11.4. The molecule has 0 spiro atoms. The van der Waals surface area contributed by atoms with Gasteiger partial charge in [-0.2, -0.15) is 5.10 Å². The van der Waals surface area contributed by atoms with Gasteiger partial charge in [-0.15, -0.1) is 5.10 Å². The Hall–Kier alpha value is -2.57. The van der Waals surface area contributed by atoms with Gasteiger partial charge in [-0.1, -0.05) is 6.07 Å². The number of benzene rings is 1. The van der Waals surface area contributed by atoms with E-state index >= 15 is 0 Å². The quantitative estimate of drug-likeness (QED) is 0.826. The molecule has 2 rings (SSSR count). The predicted octanol–water partition coefficient (Wildman–Crippen LogP) is 1.91. The fraction of sp³-hybridized carbons (Fsp3) is 0.214. The zero-order valence-corrected chi connectivity index (χ0v) is 11.4. The number of nitrogens with one attached hydrogen (secondary N) is 2. The molecule has 0 saturated carbocycles. The molecule has 21 heavy (non-hydrogen) atoms. The normalized spacial score (nSPS) is 10.2. The first-order valence-corrected chi connectivity index (χ1v) is 6.34. The van der Waals surface area contributed by atoms with E-state index in [-0.39, 0.29) is 6.54 Å². The van der Waals surface area contributed by atoms with Crippen molar-refractivity contribution in [3.63, 3.8) is 0 Å². The van der Waals surface area contributed by atoms with E-state index in [1.54, 1.807) is 12.1 Å². The first kappa shape index (κ1) is 14.8. The van der Waals surface area contributed by atoms with Crippen LogP contribution in [0.2, 0.25) is 0 Å². The number of amides is 1. The highest BCUT2D eigenvalue weighted by atomic mass is 19.1. The summed E-state index contributed by atoms with van der Waals surface area (Å²) in [5.74, 6) is -2.00. The molecule has 0 aliphatic heterocycles. The highest BCUT2D eigenvalue weighted by molar-refractivity contribution is 5.94. The Morgan fingerprint density at radius 3 is 2.43 bits per heavy atom. The minimum Gasteiger partial charge on any atom is -0.367 e. The first-order valence-electron chi connectivity index (χ1n) is 6.34. The van der Waals surface area contributed by atoms with E-state index in [4.69, 9.17) is 0 Å². The second-order valence-corrected chi connectivity index (χ2v) is 4.34. The number of anilines is 1. The van der Waals surface area contributed by atoms with E-state index in [2.05, 4.69) is 20.8 Å². The molecule has 1 aromatic heterocycles. The van der Waals surface area contributed by atoms with Gasteiger partial charge in [-0.05, 0) is 31.2 Å². The van der Waals surface area contributed by atoms with Crippen molar-refractivity contribution in [2.75, 3.05) is 18.4 Å². The molecule has 1 amide bonds. The van der Waals surface area contributed by atoms with Gasteiger partial charge in [0.25, 0.3) is 5.91 Å². The molecule has 0 unspecified atom stereocenters. The van der Waals surface area contributed by atoms with Gasteiger partial charge in [0.2, 0.25) is 0 Å². The molecule has 5 nitrogen and oxygen atoms in total. The summed E-state index contributed by atoms with van der Waals surface area (Å²) in [5.41, 5.74) is 0.219. The summed E-state index contributed by atoms with van der Waals surface area (Å²) in [4.78, 5) is 11.7. The first-order chi connectivity index (χ1) is 10.1.